The molecule has 0 N–H and O–H groups in total. The smallest absolute Gasteiger partial charge is 0.243 e. The molecular formula is C19H27N3O2S. The van der Waals surface area contributed by atoms with Gasteiger partial charge in [-0.25, -0.2) is 8.42 Å². The molecule has 136 valence electrons. The minimum Gasteiger partial charge on any atom is -0.302 e. The normalized spacial score (nSPS) is 25.5. The van der Waals surface area contributed by atoms with E-state index in [0.29, 0.717) is 29.5 Å². The second-order valence-electron chi connectivity index (χ2n) is 7.96. The van der Waals surface area contributed by atoms with Gasteiger partial charge in [0.15, 0.2) is 0 Å². The fraction of sp³-hybridized carbons (Fsp3) is 0.632. The van der Waals surface area contributed by atoms with Gasteiger partial charge in [-0.3, -0.25) is 0 Å². The SMILES string of the molecule is CC(C)CN1CCC[C@@]2(CCN(S(=O)(=O)c3ccc(C#N)cc3)C2)C1. The van der Waals surface area contributed by atoms with Crippen molar-refractivity contribution in [1.29, 1.82) is 5.26 Å². The lowest BCUT2D eigenvalue weighted by Crippen LogP contribution is -2.46. The first-order chi connectivity index (χ1) is 11.8. The van der Waals surface area contributed by atoms with Gasteiger partial charge in [-0.15, -0.1) is 0 Å². The molecule has 0 aromatic heterocycles. The minimum atomic E-state index is -3.47. The number of nitrogens with zero attached hydrogens (tertiary/aromatic N) is 3. The minimum absolute atomic E-state index is 0.104. The highest BCUT2D eigenvalue weighted by Gasteiger charge is 2.45. The summed E-state index contributed by atoms with van der Waals surface area (Å²) in [5.41, 5.74) is 0.584. The molecule has 5 nitrogen and oxygen atoms in total. The van der Waals surface area contributed by atoms with Gasteiger partial charge in [0.2, 0.25) is 10.0 Å². The van der Waals surface area contributed by atoms with Crippen LogP contribution in [0, 0.1) is 22.7 Å². The summed E-state index contributed by atoms with van der Waals surface area (Å²) in [4.78, 5) is 2.80. The molecule has 0 amide bonds. The van der Waals surface area contributed by atoms with Gasteiger partial charge in [0, 0.05) is 26.2 Å². The number of piperidine rings is 1. The molecular weight excluding hydrogens is 334 g/mol. The molecule has 0 aliphatic carbocycles. The summed E-state index contributed by atoms with van der Waals surface area (Å²) in [7, 11) is -3.47. The first-order valence-corrected chi connectivity index (χ1v) is 10.5. The van der Waals surface area contributed by atoms with Crippen LogP contribution in [0.15, 0.2) is 29.2 Å². The third-order valence-electron chi connectivity index (χ3n) is 5.39. The van der Waals surface area contributed by atoms with E-state index in [9.17, 15) is 8.42 Å². The number of rotatable bonds is 4. The standard InChI is InChI=1S/C19H27N3O2S/c1-16(2)13-21-10-3-8-19(14-21)9-11-22(15-19)25(23,24)18-6-4-17(12-20)5-7-18/h4-7,16H,3,8-11,13-15H2,1-2H3/t19-/m1/s1. The number of hydrogen-bond acceptors (Lipinski definition) is 4. The molecule has 6 heteroatoms. The van der Waals surface area contributed by atoms with E-state index in [2.05, 4.69) is 18.7 Å². The zero-order valence-electron chi connectivity index (χ0n) is 15.1. The molecule has 2 fully saturated rings. The Bertz CT molecular complexity index is 752. The van der Waals surface area contributed by atoms with Gasteiger partial charge < -0.3 is 4.90 Å². The van der Waals surface area contributed by atoms with Gasteiger partial charge in [0.25, 0.3) is 0 Å². The summed E-state index contributed by atoms with van der Waals surface area (Å²) < 4.78 is 27.5. The van der Waals surface area contributed by atoms with Crippen LogP contribution in [0.2, 0.25) is 0 Å². The monoisotopic (exact) mass is 361 g/mol. The van der Waals surface area contributed by atoms with E-state index >= 15 is 0 Å². The maximum absolute atomic E-state index is 12.9. The van der Waals surface area contributed by atoms with Crippen LogP contribution in [0.1, 0.15) is 38.7 Å². The van der Waals surface area contributed by atoms with Crippen LogP contribution in [-0.2, 0) is 10.0 Å². The fourth-order valence-corrected chi connectivity index (χ4v) is 5.82. The van der Waals surface area contributed by atoms with Crippen LogP contribution >= 0.6 is 0 Å². The topological polar surface area (TPSA) is 64.4 Å². The van der Waals surface area contributed by atoms with E-state index in [0.717, 1.165) is 38.9 Å². The van der Waals surface area contributed by atoms with Crippen LogP contribution in [0.25, 0.3) is 0 Å². The summed E-state index contributed by atoms with van der Waals surface area (Å²) in [5.74, 6) is 0.634. The average Bonchev–Trinajstić information content (AvgIpc) is 2.98. The molecule has 2 aliphatic rings. The zero-order valence-corrected chi connectivity index (χ0v) is 15.9. The number of likely N-dealkylation sites (tertiary alicyclic amines) is 1. The third kappa shape index (κ3) is 3.89. The predicted octanol–water partition coefficient (Wildman–Crippen LogP) is 2.69. The van der Waals surface area contributed by atoms with E-state index in [-0.39, 0.29) is 5.41 Å². The number of hydrogen-bond donors (Lipinski definition) is 0. The first kappa shape index (κ1) is 18.4. The molecule has 0 saturated carbocycles. The van der Waals surface area contributed by atoms with Gasteiger partial charge in [0.05, 0.1) is 16.5 Å². The molecule has 0 unspecified atom stereocenters. The zero-order chi connectivity index (χ0) is 18.1. The van der Waals surface area contributed by atoms with Gasteiger partial charge in [0.1, 0.15) is 0 Å². The van der Waals surface area contributed by atoms with Crippen LogP contribution < -0.4 is 0 Å². The molecule has 1 aromatic carbocycles. The molecule has 2 heterocycles. The maximum Gasteiger partial charge on any atom is 0.243 e. The molecule has 1 spiro atoms. The van der Waals surface area contributed by atoms with E-state index in [1.54, 1.807) is 28.6 Å². The Labute approximate surface area is 151 Å². The van der Waals surface area contributed by atoms with E-state index in [1.807, 2.05) is 6.07 Å². The summed E-state index contributed by atoms with van der Waals surface area (Å²) >= 11 is 0. The highest BCUT2D eigenvalue weighted by Crippen LogP contribution is 2.41. The van der Waals surface area contributed by atoms with Crippen molar-refractivity contribution in [2.45, 2.75) is 38.0 Å². The fourth-order valence-electron chi connectivity index (χ4n) is 4.27. The molecule has 25 heavy (non-hydrogen) atoms. The van der Waals surface area contributed by atoms with Crippen LogP contribution in [-0.4, -0.2) is 50.3 Å². The first-order valence-electron chi connectivity index (χ1n) is 9.07. The summed E-state index contributed by atoms with van der Waals surface area (Å²) in [6, 6.07) is 8.27. The van der Waals surface area contributed by atoms with Crippen molar-refractivity contribution in [2.75, 3.05) is 32.7 Å². The highest BCUT2D eigenvalue weighted by atomic mass is 32.2. The van der Waals surface area contributed by atoms with Crippen molar-refractivity contribution in [3.8, 4) is 6.07 Å². The van der Waals surface area contributed by atoms with Crippen molar-refractivity contribution < 1.29 is 8.42 Å². The number of nitriles is 1. The van der Waals surface area contributed by atoms with E-state index < -0.39 is 10.0 Å². The van der Waals surface area contributed by atoms with Crippen LogP contribution in [0.3, 0.4) is 0 Å². The highest BCUT2D eigenvalue weighted by molar-refractivity contribution is 7.89. The summed E-state index contributed by atoms with van der Waals surface area (Å²) in [6.45, 7) is 8.90. The van der Waals surface area contributed by atoms with Crippen LogP contribution in [0.5, 0.6) is 0 Å². The average molecular weight is 362 g/mol. The van der Waals surface area contributed by atoms with Crippen molar-refractivity contribution >= 4 is 10.0 Å². The van der Waals surface area contributed by atoms with Gasteiger partial charge in [-0.2, -0.15) is 9.57 Å². The van der Waals surface area contributed by atoms with Crippen molar-refractivity contribution in [1.82, 2.24) is 9.21 Å². The Morgan fingerprint density at radius 2 is 1.88 bits per heavy atom. The van der Waals surface area contributed by atoms with Crippen molar-refractivity contribution in [2.24, 2.45) is 11.3 Å². The molecule has 2 aliphatic heterocycles. The van der Waals surface area contributed by atoms with E-state index in [1.165, 1.54) is 0 Å². The second kappa shape index (κ2) is 7.06. The Morgan fingerprint density at radius 3 is 2.52 bits per heavy atom. The van der Waals surface area contributed by atoms with Gasteiger partial charge in [-0.05, 0) is 61.4 Å². The Morgan fingerprint density at radius 1 is 1.16 bits per heavy atom. The predicted molar refractivity (Wildman–Crippen MR) is 97.5 cm³/mol. The summed E-state index contributed by atoms with van der Waals surface area (Å²) in [6.07, 6.45) is 3.20. The van der Waals surface area contributed by atoms with Gasteiger partial charge >= 0.3 is 0 Å². The molecule has 1 aromatic rings. The second-order valence-corrected chi connectivity index (χ2v) is 9.90. The molecule has 3 rings (SSSR count). The third-order valence-corrected chi connectivity index (χ3v) is 7.25. The quantitative estimate of drug-likeness (QED) is 0.827. The Kier molecular flexibility index (Phi) is 5.19. The Balaban J connectivity index is 1.73. The molecule has 0 bridgehead atoms. The lowest BCUT2D eigenvalue weighted by atomic mass is 9.79. The summed E-state index contributed by atoms with van der Waals surface area (Å²) in [5, 5.41) is 8.88. The van der Waals surface area contributed by atoms with Gasteiger partial charge in [-0.1, -0.05) is 13.8 Å². The lowest BCUT2D eigenvalue weighted by molar-refractivity contribution is 0.0897. The van der Waals surface area contributed by atoms with Crippen molar-refractivity contribution in [3.63, 3.8) is 0 Å². The van der Waals surface area contributed by atoms with E-state index in [4.69, 9.17) is 5.26 Å². The Hall–Kier alpha value is -1.42. The molecule has 1 atom stereocenters. The largest absolute Gasteiger partial charge is 0.302 e. The number of benzene rings is 1. The maximum atomic E-state index is 12.9. The van der Waals surface area contributed by atoms with Crippen molar-refractivity contribution in [3.05, 3.63) is 29.8 Å². The molecule has 0 radical (unpaired) electrons. The van der Waals surface area contributed by atoms with Crippen LogP contribution in [0.4, 0.5) is 0 Å². The lowest BCUT2D eigenvalue weighted by Gasteiger charge is -2.41. The number of sulfonamides is 1. The molecule has 2 saturated heterocycles.